The molecular weight excluding hydrogens is 316 g/mol. The highest BCUT2D eigenvalue weighted by Crippen LogP contribution is 2.18. The van der Waals surface area contributed by atoms with Gasteiger partial charge in [0, 0.05) is 25.2 Å². The van der Waals surface area contributed by atoms with Crippen LogP contribution < -0.4 is 10.6 Å². The summed E-state index contributed by atoms with van der Waals surface area (Å²) >= 11 is 0. The first-order chi connectivity index (χ1) is 12.2. The molecule has 3 aliphatic rings. The van der Waals surface area contributed by atoms with Gasteiger partial charge in [-0.05, 0) is 45.2 Å². The van der Waals surface area contributed by atoms with Crippen LogP contribution in [0.5, 0.6) is 0 Å². The van der Waals surface area contributed by atoms with Crippen molar-refractivity contribution in [1.29, 1.82) is 0 Å². The molecule has 2 amide bonds. The molecule has 2 saturated carbocycles. The van der Waals surface area contributed by atoms with E-state index in [2.05, 4.69) is 20.4 Å². The number of carbonyl (C=O) groups excluding carboxylic acids is 2. The molecule has 25 heavy (non-hydrogen) atoms. The van der Waals surface area contributed by atoms with Crippen LogP contribution in [-0.4, -0.2) is 73.0 Å². The van der Waals surface area contributed by atoms with Crippen molar-refractivity contribution in [3.63, 3.8) is 0 Å². The molecule has 6 heteroatoms. The van der Waals surface area contributed by atoms with Gasteiger partial charge in [-0.3, -0.25) is 19.4 Å². The van der Waals surface area contributed by atoms with Crippen molar-refractivity contribution in [2.45, 2.75) is 69.9 Å². The lowest BCUT2D eigenvalue weighted by atomic mass is 10.2. The molecule has 0 aromatic rings. The van der Waals surface area contributed by atoms with E-state index in [0.29, 0.717) is 25.2 Å². The average Bonchev–Trinajstić information content (AvgIpc) is 3.21. The van der Waals surface area contributed by atoms with Gasteiger partial charge >= 0.3 is 0 Å². The Bertz CT molecular complexity index is 405. The Morgan fingerprint density at radius 1 is 0.640 bits per heavy atom. The maximum atomic E-state index is 12.2. The lowest BCUT2D eigenvalue weighted by Gasteiger charge is -2.22. The summed E-state index contributed by atoms with van der Waals surface area (Å²) in [6.07, 6.45) is 10.5. The van der Waals surface area contributed by atoms with E-state index in [1.165, 1.54) is 25.7 Å². The summed E-state index contributed by atoms with van der Waals surface area (Å²) < 4.78 is 0. The fraction of sp³-hybridized carbons (Fsp3) is 0.895. The highest BCUT2D eigenvalue weighted by Gasteiger charge is 2.22. The van der Waals surface area contributed by atoms with Gasteiger partial charge in [0.1, 0.15) is 0 Å². The smallest absolute Gasteiger partial charge is 0.234 e. The molecule has 0 unspecified atom stereocenters. The first kappa shape index (κ1) is 18.6. The van der Waals surface area contributed by atoms with Crippen LogP contribution in [0.1, 0.15) is 57.8 Å². The third-order valence-corrected chi connectivity index (χ3v) is 5.86. The minimum atomic E-state index is 0.166. The first-order valence-corrected chi connectivity index (χ1v) is 10.2. The quantitative estimate of drug-likeness (QED) is 0.753. The molecule has 2 aliphatic carbocycles. The van der Waals surface area contributed by atoms with Crippen molar-refractivity contribution >= 4 is 11.8 Å². The van der Waals surface area contributed by atoms with Gasteiger partial charge in [0.05, 0.1) is 13.1 Å². The predicted octanol–water partition coefficient (Wildman–Crippen LogP) is 1.11. The SMILES string of the molecule is O=C(CN1CCCN(CC(=O)NC2CCCC2)CC1)NC1CCCC1. The minimum Gasteiger partial charge on any atom is -0.352 e. The molecule has 1 saturated heterocycles. The largest absolute Gasteiger partial charge is 0.352 e. The average molecular weight is 351 g/mol. The van der Waals surface area contributed by atoms with Crippen LogP contribution in [0.4, 0.5) is 0 Å². The Morgan fingerprint density at radius 3 is 1.44 bits per heavy atom. The topological polar surface area (TPSA) is 64.7 Å². The summed E-state index contributed by atoms with van der Waals surface area (Å²) in [4.78, 5) is 28.9. The normalized spacial score (nSPS) is 24.3. The first-order valence-electron chi connectivity index (χ1n) is 10.2. The van der Waals surface area contributed by atoms with Crippen LogP contribution >= 0.6 is 0 Å². The van der Waals surface area contributed by atoms with Crippen LogP contribution in [0.3, 0.4) is 0 Å². The van der Waals surface area contributed by atoms with Crippen molar-refractivity contribution in [3.05, 3.63) is 0 Å². The second-order valence-corrected chi connectivity index (χ2v) is 8.00. The third-order valence-electron chi connectivity index (χ3n) is 5.86. The molecule has 3 fully saturated rings. The lowest BCUT2D eigenvalue weighted by Crippen LogP contribution is -2.44. The maximum absolute atomic E-state index is 12.2. The summed E-state index contributed by atoms with van der Waals surface area (Å²) in [5, 5.41) is 6.34. The summed E-state index contributed by atoms with van der Waals surface area (Å²) in [6, 6.07) is 0.797. The molecule has 0 aromatic carbocycles. The molecule has 1 aliphatic heterocycles. The van der Waals surface area contributed by atoms with E-state index in [9.17, 15) is 9.59 Å². The highest BCUT2D eigenvalue weighted by atomic mass is 16.2. The molecule has 0 spiro atoms. The van der Waals surface area contributed by atoms with Crippen molar-refractivity contribution in [3.8, 4) is 0 Å². The summed E-state index contributed by atoms with van der Waals surface area (Å²) in [6.45, 7) is 4.62. The zero-order chi connectivity index (χ0) is 17.5. The number of carbonyl (C=O) groups is 2. The molecule has 0 radical (unpaired) electrons. The second kappa shape index (κ2) is 9.53. The molecule has 0 bridgehead atoms. The number of nitrogens with zero attached hydrogens (tertiary/aromatic N) is 2. The van der Waals surface area contributed by atoms with Gasteiger partial charge in [-0.2, -0.15) is 0 Å². The number of amides is 2. The molecule has 1 heterocycles. The molecule has 142 valence electrons. The Balaban J connectivity index is 1.34. The van der Waals surface area contributed by atoms with E-state index >= 15 is 0 Å². The van der Waals surface area contributed by atoms with Gasteiger partial charge in [-0.25, -0.2) is 0 Å². The van der Waals surface area contributed by atoms with E-state index in [1.54, 1.807) is 0 Å². The van der Waals surface area contributed by atoms with Crippen LogP contribution in [0.25, 0.3) is 0 Å². The Morgan fingerprint density at radius 2 is 1.04 bits per heavy atom. The van der Waals surface area contributed by atoms with Crippen LogP contribution in [0, 0.1) is 0 Å². The molecule has 3 rings (SSSR count). The number of nitrogens with one attached hydrogen (secondary N) is 2. The minimum absolute atomic E-state index is 0.166. The summed E-state index contributed by atoms with van der Waals surface area (Å²) in [7, 11) is 0. The zero-order valence-electron chi connectivity index (χ0n) is 15.5. The molecule has 6 nitrogen and oxygen atoms in total. The van der Waals surface area contributed by atoms with Crippen molar-refractivity contribution in [1.82, 2.24) is 20.4 Å². The Hall–Kier alpha value is -1.14. The lowest BCUT2D eigenvalue weighted by molar-refractivity contribution is -0.124. The molecular formula is C19H34N4O2. The van der Waals surface area contributed by atoms with Gasteiger partial charge in [-0.1, -0.05) is 25.7 Å². The van der Waals surface area contributed by atoms with E-state index in [4.69, 9.17) is 0 Å². The number of hydrogen-bond acceptors (Lipinski definition) is 4. The van der Waals surface area contributed by atoms with Gasteiger partial charge in [-0.15, -0.1) is 0 Å². The van der Waals surface area contributed by atoms with Gasteiger partial charge < -0.3 is 10.6 Å². The van der Waals surface area contributed by atoms with Crippen LogP contribution in [0.15, 0.2) is 0 Å². The fourth-order valence-corrected chi connectivity index (χ4v) is 4.43. The molecule has 2 N–H and O–H groups in total. The number of hydrogen-bond donors (Lipinski definition) is 2. The third kappa shape index (κ3) is 6.26. The Kier molecular flexibility index (Phi) is 7.11. The van der Waals surface area contributed by atoms with Crippen molar-refractivity contribution in [2.75, 3.05) is 39.3 Å². The van der Waals surface area contributed by atoms with Crippen LogP contribution in [0.2, 0.25) is 0 Å². The van der Waals surface area contributed by atoms with E-state index in [-0.39, 0.29) is 11.8 Å². The van der Waals surface area contributed by atoms with E-state index < -0.39 is 0 Å². The van der Waals surface area contributed by atoms with E-state index in [1.807, 2.05) is 0 Å². The van der Waals surface area contributed by atoms with Crippen molar-refractivity contribution in [2.24, 2.45) is 0 Å². The fourth-order valence-electron chi connectivity index (χ4n) is 4.43. The molecule has 0 atom stereocenters. The maximum Gasteiger partial charge on any atom is 0.234 e. The van der Waals surface area contributed by atoms with Crippen LogP contribution in [-0.2, 0) is 9.59 Å². The Labute approximate surface area is 151 Å². The van der Waals surface area contributed by atoms with E-state index in [0.717, 1.165) is 58.3 Å². The van der Waals surface area contributed by atoms with Gasteiger partial charge in [0.15, 0.2) is 0 Å². The van der Waals surface area contributed by atoms with Gasteiger partial charge in [0.25, 0.3) is 0 Å². The summed E-state index contributed by atoms with van der Waals surface area (Å²) in [5.74, 6) is 0.332. The zero-order valence-corrected chi connectivity index (χ0v) is 15.5. The monoisotopic (exact) mass is 350 g/mol. The van der Waals surface area contributed by atoms with Crippen molar-refractivity contribution < 1.29 is 9.59 Å². The standard InChI is InChI=1S/C19H34N4O2/c24-18(20-16-6-1-2-7-16)14-22-10-5-11-23(13-12-22)15-19(25)21-17-8-3-4-9-17/h16-17H,1-15H2,(H,20,24)(H,21,25). The predicted molar refractivity (Wildman–Crippen MR) is 98.3 cm³/mol. The number of rotatable bonds is 6. The second-order valence-electron chi connectivity index (χ2n) is 8.00. The van der Waals surface area contributed by atoms with Gasteiger partial charge in [0.2, 0.25) is 11.8 Å². The molecule has 0 aromatic heterocycles. The highest BCUT2D eigenvalue weighted by molar-refractivity contribution is 5.78. The summed E-state index contributed by atoms with van der Waals surface area (Å²) in [5.41, 5.74) is 0.